The fourth-order valence-electron chi connectivity index (χ4n) is 2.95. The van der Waals surface area contributed by atoms with Crippen LogP contribution in [0.1, 0.15) is 46.1 Å². The number of hydrogen-bond acceptors (Lipinski definition) is 4. The maximum Gasteiger partial charge on any atom is 0.234 e. The number of aliphatic imine (C=N–C) groups is 1. The van der Waals surface area contributed by atoms with E-state index in [-0.39, 0.29) is 48.0 Å². The fourth-order valence-corrected chi connectivity index (χ4v) is 3.87. The first-order valence-corrected chi connectivity index (χ1v) is 12.4. The van der Waals surface area contributed by atoms with Crippen LogP contribution in [0.2, 0.25) is 0 Å². The van der Waals surface area contributed by atoms with Crippen LogP contribution in [0.15, 0.2) is 23.2 Å². The van der Waals surface area contributed by atoms with Gasteiger partial charge in [-0.2, -0.15) is 0 Å². The zero-order valence-electron chi connectivity index (χ0n) is 19.4. The number of rotatable bonds is 13. The van der Waals surface area contributed by atoms with Crippen LogP contribution in [0.5, 0.6) is 0 Å². The number of guanidine groups is 1. The molecule has 1 unspecified atom stereocenters. The Morgan fingerprint density at radius 1 is 1.23 bits per heavy atom. The molecule has 0 bridgehead atoms. The lowest BCUT2D eigenvalue weighted by atomic mass is 10.2. The van der Waals surface area contributed by atoms with Gasteiger partial charge in [0, 0.05) is 12.6 Å². The summed E-state index contributed by atoms with van der Waals surface area (Å²) in [5.74, 6) is -0.0265. The van der Waals surface area contributed by atoms with Gasteiger partial charge in [-0.3, -0.25) is 9.71 Å². The Hall–Kier alpha value is -1.14. The number of sulfonamides is 1. The molecule has 1 rings (SSSR count). The van der Waals surface area contributed by atoms with Gasteiger partial charge in [-0.05, 0) is 70.9 Å². The topological polar surface area (TPSA) is 85.8 Å². The lowest BCUT2D eigenvalue weighted by molar-refractivity contribution is 0.292. The Morgan fingerprint density at radius 2 is 1.90 bits per heavy atom. The minimum atomic E-state index is -3.62. The molecule has 0 amide bonds. The summed E-state index contributed by atoms with van der Waals surface area (Å²) in [6.07, 6.45) is 2.08. The maximum atomic E-state index is 13.6. The van der Waals surface area contributed by atoms with Crippen molar-refractivity contribution in [2.75, 3.05) is 43.2 Å². The monoisotopic (exact) mass is 571 g/mol. The van der Waals surface area contributed by atoms with Crippen molar-refractivity contribution in [2.45, 2.75) is 53.5 Å². The van der Waals surface area contributed by atoms with Gasteiger partial charge in [-0.15, -0.1) is 24.0 Å². The second-order valence-corrected chi connectivity index (χ2v) is 9.20. The Labute approximate surface area is 204 Å². The first-order chi connectivity index (χ1) is 14.2. The second kappa shape index (κ2) is 15.6. The van der Waals surface area contributed by atoms with Crippen LogP contribution in [-0.2, 0) is 10.0 Å². The predicted molar refractivity (Wildman–Crippen MR) is 140 cm³/mol. The molecule has 0 aliphatic rings. The van der Waals surface area contributed by atoms with Crippen molar-refractivity contribution < 1.29 is 12.8 Å². The standard InChI is InChI=1S/C21H38FN5O2S.HI/c1-6-23-21(25-18(5)10-9-14-27(7-2)8-3)24-13-15-30(28,29)26-19-12-11-17(4)20(22)16-19;/h11-12,16,18,26H,6-10,13-15H2,1-5H3,(H2,23,24,25);1H. The van der Waals surface area contributed by atoms with Crippen molar-refractivity contribution in [2.24, 2.45) is 4.99 Å². The summed E-state index contributed by atoms with van der Waals surface area (Å²) in [6.45, 7) is 14.0. The predicted octanol–water partition coefficient (Wildman–Crippen LogP) is 3.56. The highest BCUT2D eigenvalue weighted by Gasteiger charge is 2.12. The number of nitrogens with zero attached hydrogens (tertiary/aromatic N) is 2. The van der Waals surface area contributed by atoms with E-state index >= 15 is 0 Å². The fraction of sp³-hybridized carbons (Fsp3) is 0.667. The zero-order chi connectivity index (χ0) is 22.6. The Morgan fingerprint density at radius 3 is 2.48 bits per heavy atom. The largest absolute Gasteiger partial charge is 0.357 e. The molecule has 0 saturated heterocycles. The smallest absolute Gasteiger partial charge is 0.234 e. The quantitative estimate of drug-likeness (QED) is 0.192. The van der Waals surface area contributed by atoms with Crippen LogP contribution in [0.3, 0.4) is 0 Å². The van der Waals surface area contributed by atoms with Gasteiger partial charge in [0.1, 0.15) is 5.82 Å². The molecule has 10 heteroatoms. The van der Waals surface area contributed by atoms with E-state index in [4.69, 9.17) is 0 Å². The van der Waals surface area contributed by atoms with Crippen molar-refractivity contribution in [3.8, 4) is 0 Å². The highest BCUT2D eigenvalue weighted by Crippen LogP contribution is 2.15. The van der Waals surface area contributed by atoms with Crippen LogP contribution in [0, 0.1) is 12.7 Å². The average molecular weight is 572 g/mol. The van der Waals surface area contributed by atoms with Crippen molar-refractivity contribution in [3.63, 3.8) is 0 Å². The molecule has 0 spiro atoms. The average Bonchev–Trinajstić information content (AvgIpc) is 2.68. The molecule has 1 aromatic rings. The zero-order valence-corrected chi connectivity index (χ0v) is 22.5. The lowest BCUT2D eigenvalue weighted by Crippen LogP contribution is -2.42. The van der Waals surface area contributed by atoms with E-state index in [0.717, 1.165) is 32.5 Å². The third-order valence-corrected chi connectivity index (χ3v) is 6.08. The number of halogens is 2. The van der Waals surface area contributed by atoms with Gasteiger partial charge >= 0.3 is 0 Å². The molecule has 0 saturated carbocycles. The molecule has 0 radical (unpaired) electrons. The lowest BCUT2D eigenvalue weighted by Gasteiger charge is -2.21. The first kappa shape index (κ1) is 29.9. The molecular weight excluding hydrogens is 532 g/mol. The van der Waals surface area contributed by atoms with E-state index in [9.17, 15) is 12.8 Å². The minimum Gasteiger partial charge on any atom is -0.357 e. The maximum absolute atomic E-state index is 13.6. The molecule has 180 valence electrons. The summed E-state index contributed by atoms with van der Waals surface area (Å²) in [4.78, 5) is 6.77. The number of anilines is 1. The molecule has 7 nitrogen and oxygen atoms in total. The van der Waals surface area contributed by atoms with Crippen LogP contribution in [-0.4, -0.2) is 63.8 Å². The molecule has 1 atom stereocenters. The van der Waals surface area contributed by atoms with Crippen LogP contribution in [0.4, 0.5) is 10.1 Å². The van der Waals surface area contributed by atoms with Gasteiger partial charge in [-0.1, -0.05) is 19.9 Å². The van der Waals surface area contributed by atoms with Crippen LogP contribution < -0.4 is 15.4 Å². The molecule has 1 aromatic carbocycles. The van der Waals surface area contributed by atoms with Gasteiger partial charge in [0.05, 0.1) is 18.0 Å². The minimum absolute atomic E-state index is 0. The van der Waals surface area contributed by atoms with Gasteiger partial charge in [0.2, 0.25) is 10.0 Å². The summed E-state index contributed by atoms with van der Waals surface area (Å²) in [6, 6.07) is 4.50. The normalized spacial score (nSPS) is 12.9. The van der Waals surface area contributed by atoms with E-state index in [1.54, 1.807) is 19.1 Å². The summed E-state index contributed by atoms with van der Waals surface area (Å²) in [5.41, 5.74) is 0.684. The van der Waals surface area contributed by atoms with Gasteiger partial charge in [-0.25, -0.2) is 12.8 Å². The second-order valence-electron chi connectivity index (χ2n) is 7.36. The number of aryl methyl sites for hydroxylation is 1. The number of nitrogens with one attached hydrogen (secondary N) is 3. The van der Waals surface area contributed by atoms with E-state index in [2.05, 4.69) is 46.0 Å². The van der Waals surface area contributed by atoms with Gasteiger partial charge < -0.3 is 15.5 Å². The van der Waals surface area contributed by atoms with E-state index < -0.39 is 15.8 Å². The van der Waals surface area contributed by atoms with Crippen molar-refractivity contribution >= 4 is 45.6 Å². The Kier molecular flexibility index (Phi) is 15.1. The molecule has 0 aromatic heterocycles. The van der Waals surface area contributed by atoms with Gasteiger partial charge in [0.15, 0.2) is 5.96 Å². The van der Waals surface area contributed by atoms with Crippen molar-refractivity contribution in [1.29, 1.82) is 0 Å². The van der Waals surface area contributed by atoms with E-state index in [1.165, 1.54) is 6.07 Å². The summed E-state index contributed by atoms with van der Waals surface area (Å²) >= 11 is 0. The molecule has 3 N–H and O–H groups in total. The van der Waals surface area contributed by atoms with Gasteiger partial charge in [0.25, 0.3) is 0 Å². The molecule has 0 fully saturated rings. The van der Waals surface area contributed by atoms with E-state index in [0.29, 0.717) is 18.1 Å². The SMILES string of the molecule is CCNC(=NCCS(=O)(=O)Nc1ccc(C)c(F)c1)NC(C)CCCN(CC)CC.I. The highest BCUT2D eigenvalue weighted by molar-refractivity contribution is 14.0. The number of benzene rings is 1. The molecule has 0 heterocycles. The molecule has 0 aliphatic carbocycles. The van der Waals surface area contributed by atoms with Crippen molar-refractivity contribution in [3.05, 3.63) is 29.6 Å². The molecule has 31 heavy (non-hydrogen) atoms. The van der Waals surface area contributed by atoms with Crippen LogP contribution in [0.25, 0.3) is 0 Å². The summed E-state index contributed by atoms with van der Waals surface area (Å²) in [5, 5.41) is 6.48. The van der Waals surface area contributed by atoms with E-state index in [1.807, 2.05) is 6.92 Å². The highest BCUT2D eigenvalue weighted by atomic mass is 127. The third-order valence-electron chi connectivity index (χ3n) is 4.81. The van der Waals surface area contributed by atoms with Crippen LogP contribution >= 0.6 is 24.0 Å². The summed E-state index contributed by atoms with van der Waals surface area (Å²) in [7, 11) is -3.62. The Balaban J connectivity index is 0.00000900. The molecule has 0 aliphatic heterocycles. The number of hydrogen-bond donors (Lipinski definition) is 3. The summed E-state index contributed by atoms with van der Waals surface area (Å²) < 4.78 is 40.6. The first-order valence-electron chi connectivity index (χ1n) is 10.7. The molecular formula is C21H39FIN5O2S. The Bertz CT molecular complexity index is 773. The third kappa shape index (κ3) is 12.5. The van der Waals surface area contributed by atoms with Crippen molar-refractivity contribution in [1.82, 2.24) is 15.5 Å².